The minimum Gasteiger partial charge on any atom is -0.326 e. The number of nitrogens with one attached hydrogen (secondary N) is 1. The lowest BCUT2D eigenvalue weighted by Crippen LogP contribution is -2.23. The van der Waals surface area contributed by atoms with Gasteiger partial charge in [-0.1, -0.05) is 6.07 Å². The Morgan fingerprint density at radius 1 is 1.45 bits per heavy atom. The molecule has 0 aliphatic rings. The fourth-order valence-electron chi connectivity index (χ4n) is 1.61. The predicted molar refractivity (Wildman–Crippen MR) is 82.9 cm³/mol. The molecule has 0 unspecified atom stereocenters. The summed E-state index contributed by atoms with van der Waals surface area (Å²) in [6.45, 7) is 2.42. The molecule has 0 aliphatic carbocycles. The highest BCUT2D eigenvalue weighted by Gasteiger charge is 2.18. The van der Waals surface area contributed by atoms with E-state index < -0.39 is 10.0 Å². The second-order valence-electron chi connectivity index (χ2n) is 4.18. The van der Waals surface area contributed by atoms with E-state index in [1.807, 2.05) is 12.3 Å². The Bertz CT molecular complexity index is 713. The molecular formula is C12H14BrN3O2S2. The number of rotatable bonds is 5. The third-order valence-electron chi connectivity index (χ3n) is 2.60. The lowest BCUT2D eigenvalue weighted by molar-refractivity contribution is 0.580. The Morgan fingerprint density at radius 3 is 2.75 bits per heavy atom. The molecule has 8 heteroatoms. The van der Waals surface area contributed by atoms with Crippen LogP contribution in [0, 0.1) is 6.92 Å². The van der Waals surface area contributed by atoms with Crippen LogP contribution in [0.5, 0.6) is 0 Å². The molecule has 0 saturated heterocycles. The SMILES string of the molecule is Cc1csc(CNS(=O)(=O)c2ccc(CN)cc2Br)n1. The molecule has 20 heavy (non-hydrogen) atoms. The lowest BCUT2D eigenvalue weighted by atomic mass is 10.2. The van der Waals surface area contributed by atoms with E-state index in [1.165, 1.54) is 11.3 Å². The fraction of sp³-hybridized carbons (Fsp3) is 0.250. The van der Waals surface area contributed by atoms with E-state index in [4.69, 9.17) is 5.73 Å². The number of halogens is 1. The number of hydrogen-bond acceptors (Lipinski definition) is 5. The van der Waals surface area contributed by atoms with E-state index in [1.54, 1.807) is 18.2 Å². The van der Waals surface area contributed by atoms with Gasteiger partial charge in [0.25, 0.3) is 0 Å². The van der Waals surface area contributed by atoms with Gasteiger partial charge in [0.15, 0.2) is 0 Å². The summed E-state index contributed by atoms with van der Waals surface area (Å²) in [4.78, 5) is 4.42. The summed E-state index contributed by atoms with van der Waals surface area (Å²) < 4.78 is 27.5. The number of hydrogen-bond donors (Lipinski definition) is 2. The van der Waals surface area contributed by atoms with E-state index in [9.17, 15) is 8.42 Å². The van der Waals surface area contributed by atoms with Crippen molar-refractivity contribution < 1.29 is 8.42 Å². The van der Waals surface area contributed by atoms with E-state index in [2.05, 4.69) is 25.6 Å². The van der Waals surface area contributed by atoms with Crippen molar-refractivity contribution >= 4 is 37.3 Å². The van der Waals surface area contributed by atoms with Crippen LogP contribution in [0.25, 0.3) is 0 Å². The first-order valence-corrected chi connectivity index (χ1v) is 8.97. The molecule has 1 aromatic heterocycles. The summed E-state index contributed by atoms with van der Waals surface area (Å²) in [5.74, 6) is 0. The Morgan fingerprint density at radius 2 is 2.20 bits per heavy atom. The standard InChI is InChI=1S/C12H14BrN3O2S2/c1-8-7-19-12(16-8)6-15-20(17,18)11-3-2-9(5-14)4-10(11)13/h2-4,7,15H,5-6,14H2,1H3. The van der Waals surface area contributed by atoms with E-state index in [0.717, 1.165) is 16.3 Å². The van der Waals surface area contributed by atoms with Gasteiger partial charge >= 0.3 is 0 Å². The summed E-state index contributed by atoms with van der Waals surface area (Å²) in [6.07, 6.45) is 0. The van der Waals surface area contributed by atoms with Gasteiger partial charge in [0, 0.05) is 22.1 Å². The number of nitrogens with zero attached hydrogens (tertiary/aromatic N) is 1. The number of sulfonamides is 1. The number of nitrogens with two attached hydrogens (primary N) is 1. The van der Waals surface area contributed by atoms with Crippen molar-refractivity contribution in [2.24, 2.45) is 5.73 Å². The molecule has 108 valence electrons. The van der Waals surface area contributed by atoms with Crippen molar-refractivity contribution in [1.82, 2.24) is 9.71 Å². The Balaban J connectivity index is 2.18. The van der Waals surface area contributed by atoms with Crippen LogP contribution in [-0.4, -0.2) is 13.4 Å². The second-order valence-corrected chi connectivity index (χ2v) is 7.71. The van der Waals surface area contributed by atoms with Crippen LogP contribution in [0.15, 0.2) is 32.9 Å². The van der Waals surface area contributed by atoms with Crippen LogP contribution < -0.4 is 10.5 Å². The molecule has 0 radical (unpaired) electrons. The van der Waals surface area contributed by atoms with Crippen molar-refractivity contribution in [2.45, 2.75) is 24.9 Å². The number of aromatic nitrogens is 1. The average molecular weight is 376 g/mol. The molecule has 0 aliphatic heterocycles. The van der Waals surface area contributed by atoms with Gasteiger partial charge in [0.1, 0.15) is 5.01 Å². The maximum Gasteiger partial charge on any atom is 0.242 e. The number of benzene rings is 1. The molecule has 0 bridgehead atoms. The summed E-state index contributed by atoms with van der Waals surface area (Å²) in [5.41, 5.74) is 7.28. The molecule has 2 aromatic rings. The minimum atomic E-state index is -3.58. The molecule has 3 N–H and O–H groups in total. The maximum absolute atomic E-state index is 12.2. The van der Waals surface area contributed by atoms with Crippen LogP contribution in [-0.2, 0) is 23.1 Å². The smallest absolute Gasteiger partial charge is 0.242 e. The number of aryl methyl sites for hydroxylation is 1. The maximum atomic E-state index is 12.2. The van der Waals surface area contributed by atoms with Crippen LogP contribution in [0.2, 0.25) is 0 Å². The molecule has 5 nitrogen and oxygen atoms in total. The minimum absolute atomic E-state index is 0.186. The highest BCUT2D eigenvalue weighted by molar-refractivity contribution is 9.10. The molecular weight excluding hydrogens is 362 g/mol. The van der Waals surface area contributed by atoms with Crippen LogP contribution in [0.1, 0.15) is 16.3 Å². The summed E-state index contributed by atoms with van der Waals surface area (Å²) >= 11 is 4.70. The first-order valence-electron chi connectivity index (χ1n) is 5.81. The normalized spacial score (nSPS) is 11.8. The monoisotopic (exact) mass is 375 g/mol. The largest absolute Gasteiger partial charge is 0.326 e. The topological polar surface area (TPSA) is 85.1 Å². The number of thiazole rings is 1. The van der Waals surface area contributed by atoms with Crippen molar-refractivity contribution in [2.75, 3.05) is 0 Å². The zero-order valence-electron chi connectivity index (χ0n) is 10.8. The molecule has 0 saturated carbocycles. The molecule has 1 aromatic carbocycles. The first-order chi connectivity index (χ1) is 9.42. The molecule has 0 spiro atoms. The Hall–Kier alpha value is -0.800. The van der Waals surface area contributed by atoms with Gasteiger partial charge in [-0.3, -0.25) is 0 Å². The quantitative estimate of drug-likeness (QED) is 0.838. The summed E-state index contributed by atoms with van der Waals surface area (Å²) in [5, 5.41) is 2.62. The van der Waals surface area contributed by atoms with Gasteiger partial charge in [-0.15, -0.1) is 11.3 Å². The van der Waals surface area contributed by atoms with Crippen molar-refractivity contribution in [1.29, 1.82) is 0 Å². The van der Waals surface area contributed by atoms with Gasteiger partial charge in [0.05, 0.1) is 11.4 Å². The summed E-state index contributed by atoms with van der Waals surface area (Å²) in [7, 11) is -3.58. The molecule has 0 amide bonds. The summed E-state index contributed by atoms with van der Waals surface area (Å²) in [6, 6.07) is 4.96. The van der Waals surface area contributed by atoms with E-state index >= 15 is 0 Å². The average Bonchev–Trinajstić information content (AvgIpc) is 2.82. The van der Waals surface area contributed by atoms with Crippen LogP contribution in [0.3, 0.4) is 0 Å². The van der Waals surface area contributed by atoms with Crippen molar-refractivity contribution in [3.8, 4) is 0 Å². The van der Waals surface area contributed by atoms with Crippen LogP contribution >= 0.6 is 27.3 Å². The lowest BCUT2D eigenvalue weighted by Gasteiger charge is -2.08. The van der Waals surface area contributed by atoms with Crippen molar-refractivity contribution in [3.05, 3.63) is 44.3 Å². The molecule has 1 heterocycles. The van der Waals surface area contributed by atoms with Gasteiger partial charge in [-0.25, -0.2) is 18.1 Å². The third kappa shape index (κ3) is 3.64. The zero-order chi connectivity index (χ0) is 14.8. The first kappa shape index (κ1) is 15.6. The van der Waals surface area contributed by atoms with Gasteiger partial charge in [-0.2, -0.15) is 0 Å². The fourth-order valence-corrected chi connectivity index (χ4v) is 4.52. The van der Waals surface area contributed by atoms with E-state index in [-0.39, 0.29) is 11.4 Å². The highest BCUT2D eigenvalue weighted by atomic mass is 79.9. The van der Waals surface area contributed by atoms with Gasteiger partial charge < -0.3 is 5.73 Å². The molecule has 0 atom stereocenters. The predicted octanol–water partition coefficient (Wildman–Crippen LogP) is 2.15. The Labute approximate surface area is 130 Å². The van der Waals surface area contributed by atoms with Crippen LogP contribution in [0.4, 0.5) is 0 Å². The second kappa shape index (κ2) is 6.31. The Kier molecular flexibility index (Phi) is 4.92. The molecule has 0 fully saturated rings. The van der Waals surface area contributed by atoms with Gasteiger partial charge in [0.2, 0.25) is 10.0 Å². The van der Waals surface area contributed by atoms with Crippen molar-refractivity contribution in [3.63, 3.8) is 0 Å². The highest BCUT2D eigenvalue weighted by Crippen LogP contribution is 2.23. The van der Waals surface area contributed by atoms with Gasteiger partial charge in [-0.05, 0) is 40.5 Å². The van der Waals surface area contributed by atoms with E-state index in [0.29, 0.717) is 11.0 Å². The third-order valence-corrected chi connectivity index (χ3v) is 5.95. The zero-order valence-corrected chi connectivity index (χ0v) is 14.0. The molecule has 2 rings (SSSR count).